The Morgan fingerprint density at radius 1 is 1.14 bits per heavy atom. The second-order valence-electron chi connectivity index (χ2n) is 6.36. The minimum atomic E-state index is -0.127. The van der Waals surface area contributed by atoms with Crippen LogP contribution >= 0.6 is 0 Å². The molecule has 21 heavy (non-hydrogen) atoms. The van der Waals surface area contributed by atoms with Gasteiger partial charge in [0.05, 0.1) is 6.04 Å². The summed E-state index contributed by atoms with van der Waals surface area (Å²) in [5, 5.41) is 3.47. The van der Waals surface area contributed by atoms with Crippen LogP contribution in [0.3, 0.4) is 0 Å². The van der Waals surface area contributed by atoms with Crippen LogP contribution in [0.1, 0.15) is 55.8 Å². The van der Waals surface area contributed by atoms with Gasteiger partial charge in [-0.25, -0.2) is 0 Å². The summed E-state index contributed by atoms with van der Waals surface area (Å²) in [7, 11) is 0. The predicted molar refractivity (Wildman–Crippen MR) is 87.4 cm³/mol. The topological polar surface area (TPSA) is 32.3 Å². The smallest absolute Gasteiger partial charge is 0.239 e. The quantitative estimate of drug-likeness (QED) is 0.921. The van der Waals surface area contributed by atoms with Gasteiger partial charge in [-0.15, -0.1) is 0 Å². The van der Waals surface area contributed by atoms with Crippen LogP contribution in [0.15, 0.2) is 18.2 Å². The van der Waals surface area contributed by atoms with E-state index in [0.717, 1.165) is 25.9 Å². The molecule has 1 aliphatic heterocycles. The molecule has 0 radical (unpaired) electrons. The predicted octanol–water partition coefficient (Wildman–Crippen LogP) is 3.36. The van der Waals surface area contributed by atoms with Crippen molar-refractivity contribution in [1.29, 1.82) is 0 Å². The molecule has 1 N–H and O–H groups in total. The third kappa shape index (κ3) is 4.07. The van der Waals surface area contributed by atoms with Gasteiger partial charge in [0.2, 0.25) is 5.91 Å². The molecule has 0 bridgehead atoms. The van der Waals surface area contributed by atoms with Gasteiger partial charge in [0.25, 0.3) is 0 Å². The first-order chi connectivity index (χ1) is 9.99. The van der Waals surface area contributed by atoms with Crippen LogP contribution in [0.5, 0.6) is 0 Å². The number of carbonyl (C=O) groups excluding carboxylic acids is 1. The van der Waals surface area contributed by atoms with Crippen molar-refractivity contribution in [2.75, 3.05) is 13.1 Å². The highest BCUT2D eigenvalue weighted by Crippen LogP contribution is 2.20. The third-order valence-electron chi connectivity index (χ3n) is 4.44. The Morgan fingerprint density at radius 3 is 2.48 bits per heavy atom. The number of carbonyl (C=O) groups is 1. The molecule has 2 atom stereocenters. The lowest BCUT2D eigenvalue weighted by Crippen LogP contribution is -2.47. The molecule has 0 spiro atoms. The normalized spacial score (nSPS) is 18.4. The van der Waals surface area contributed by atoms with Crippen LogP contribution in [0, 0.1) is 13.8 Å². The Hall–Kier alpha value is -1.35. The van der Waals surface area contributed by atoms with E-state index in [4.69, 9.17) is 0 Å². The molecular weight excluding hydrogens is 260 g/mol. The number of benzene rings is 1. The SMILES string of the molecule is Cc1ccc(C)c(C(C)NC(C)C(=O)N2CCCCC2)c1. The fraction of sp³-hybridized carbons (Fsp3) is 0.611. The summed E-state index contributed by atoms with van der Waals surface area (Å²) in [5.74, 6) is 0.242. The van der Waals surface area contributed by atoms with E-state index in [-0.39, 0.29) is 18.0 Å². The van der Waals surface area contributed by atoms with Gasteiger partial charge in [-0.1, -0.05) is 23.8 Å². The van der Waals surface area contributed by atoms with E-state index in [1.165, 1.54) is 23.1 Å². The molecule has 1 saturated heterocycles. The molecule has 3 nitrogen and oxygen atoms in total. The van der Waals surface area contributed by atoms with E-state index in [1.54, 1.807) is 0 Å². The maximum Gasteiger partial charge on any atom is 0.239 e. The third-order valence-corrected chi connectivity index (χ3v) is 4.44. The molecule has 1 aromatic carbocycles. The summed E-state index contributed by atoms with van der Waals surface area (Å²) in [6, 6.07) is 6.56. The maximum absolute atomic E-state index is 12.5. The van der Waals surface area contributed by atoms with Gasteiger partial charge in [0, 0.05) is 19.1 Å². The van der Waals surface area contributed by atoms with E-state index in [1.807, 2.05) is 11.8 Å². The summed E-state index contributed by atoms with van der Waals surface area (Å²) in [6.45, 7) is 10.2. The summed E-state index contributed by atoms with van der Waals surface area (Å²) in [4.78, 5) is 14.5. The van der Waals surface area contributed by atoms with Gasteiger partial charge in [0.15, 0.2) is 0 Å². The highest BCUT2D eigenvalue weighted by atomic mass is 16.2. The van der Waals surface area contributed by atoms with Crippen molar-refractivity contribution in [3.05, 3.63) is 34.9 Å². The molecule has 3 heteroatoms. The molecule has 0 aliphatic carbocycles. The number of rotatable bonds is 4. The van der Waals surface area contributed by atoms with Crippen LogP contribution < -0.4 is 5.32 Å². The van der Waals surface area contributed by atoms with Crippen molar-refractivity contribution in [3.8, 4) is 0 Å². The van der Waals surface area contributed by atoms with E-state index in [9.17, 15) is 4.79 Å². The Bertz CT molecular complexity index is 492. The zero-order valence-corrected chi connectivity index (χ0v) is 13.8. The number of piperidine rings is 1. The fourth-order valence-electron chi connectivity index (χ4n) is 3.15. The highest BCUT2D eigenvalue weighted by Gasteiger charge is 2.23. The fourth-order valence-corrected chi connectivity index (χ4v) is 3.15. The lowest BCUT2D eigenvalue weighted by atomic mass is 9.99. The van der Waals surface area contributed by atoms with Gasteiger partial charge in [0.1, 0.15) is 0 Å². The monoisotopic (exact) mass is 288 g/mol. The molecule has 1 heterocycles. The molecular formula is C18H28N2O. The van der Waals surface area contributed by atoms with Crippen LogP contribution in [0.25, 0.3) is 0 Å². The summed E-state index contributed by atoms with van der Waals surface area (Å²) < 4.78 is 0. The van der Waals surface area contributed by atoms with Crippen LogP contribution in [-0.2, 0) is 4.79 Å². The Labute approximate surface area is 128 Å². The second kappa shape index (κ2) is 7.08. The van der Waals surface area contributed by atoms with Gasteiger partial charge in [-0.05, 0) is 58.1 Å². The van der Waals surface area contributed by atoms with Crippen molar-refractivity contribution in [3.63, 3.8) is 0 Å². The molecule has 1 amide bonds. The highest BCUT2D eigenvalue weighted by molar-refractivity contribution is 5.81. The van der Waals surface area contributed by atoms with Crippen LogP contribution in [-0.4, -0.2) is 29.9 Å². The van der Waals surface area contributed by atoms with Crippen molar-refractivity contribution >= 4 is 5.91 Å². The first-order valence-electron chi connectivity index (χ1n) is 8.11. The average Bonchev–Trinajstić information content (AvgIpc) is 2.49. The van der Waals surface area contributed by atoms with Gasteiger partial charge < -0.3 is 4.90 Å². The zero-order chi connectivity index (χ0) is 15.4. The first-order valence-corrected chi connectivity index (χ1v) is 8.11. The van der Waals surface area contributed by atoms with Crippen molar-refractivity contribution in [2.45, 2.75) is 59.0 Å². The van der Waals surface area contributed by atoms with Crippen molar-refractivity contribution < 1.29 is 4.79 Å². The summed E-state index contributed by atoms with van der Waals surface area (Å²) >= 11 is 0. The summed E-state index contributed by atoms with van der Waals surface area (Å²) in [6.07, 6.45) is 3.54. The number of aryl methyl sites for hydroxylation is 2. The largest absolute Gasteiger partial charge is 0.341 e. The Morgan fingerprint density at radius 2 is 1.81 bits per heavy atom. The standard InChI is InChI=1S/C18H28N2O/c1-13-8-9-14(2)17(12-13)15(3)19-16(4)18(21)20-10-6-5-7-11-20/h8-9,12,15-16,19H,5-7,10-11H2,1-4H3. The number of nitrogens with zero attached hydrogens (tertiary/aromatic N) is 1. The average molecular weight is 288 g/mol. The number of hydrogen-bond donors (Lipinski definition) is 1. The van der Waals surface area contributed by atoms with Gasteiger partial charge in [-0.3, -0.25) is 10.1 Å². The number of amides is 1. The zero-order valence-electron chi connectivity index (χ0n) is 13.8. The summed E-state index contributed by atoms with van der Waals surface area (Å²) in [5.41, 5.74) is 3.82. The molecule has 0 aromatic heterocycles. The molecule has 1 fully saturated rings. The Kier molecular flexibility index (Phi) is 5.40. The molecule has 116 valence electrons. The number of likely N-dealkylation sites (tertiary alicyclic amines) is 1. The minimum Gasteiger partial charge on any atom is -0.341 e. The molecule has 2 unspecified atom stereocenters. The second-order valence-corrected chi connectivity index (χ2v) is 6.36. The van der Waals surface area contributed by atoms with Crippen molar-refractivity contribution in [1.82, 2.24) is 10.2 Å². The minimum absolute atomic E-state index is 0.127. The van der Waals surface area contributed by atoms with E-state index in [2.05, 4.69) is 44.3 Å². The Balaban J connectivity index is 1.99. The molecule has 1 aliphatic rings. The maximum atomic E-state index is 12.5. The lowest BCUT2D eigenvalue weighted by Gasteiger charge is -2.31. The molecule has 2 rings (SSSR count). The number of hydrogen-bond acceptors (Lipinski definition) is 2. The van der Waals surface area contributed by atoms with Gasteiger partial charge in [-0.2, -0.15) is 0 Å². The van der Waals surface area contributed by atoms with E-state index >= 15 is 0 Å². The van der Waals surface area contributed by atoms with Crippen molar-refractivity contribution in [2.24, 2.45) is 0 Å². The lowest BCUT2D eigenvalue weighted by molar-refractivity contribution is -0.134. The van der Waals surface area contributed by atoms with Crippen LogP contribution in [0.4, 0.5) is 0 Å². The molecule has 0 saturated carbocycles. The first kappa shape index (κ1) is 16.0. The van der Waals surface area contributed by atoms with E-state index < -0.39 is 0 Å². The molecule has 1 aromatic rings. The number of nitrogens with one attached hydrogen (secondary N) is 1. The van der Waals surface area contributed by atoms with E-state index in [0.29, 0.717) is 0 Å². The van der Waals surface area contributed by atoms with Crippen LogP contribution in [0.2, 0.25) is 0 Å². The van der Waals surface area contributed by atoms with Gasteiger partial charge >= 0.3 is 0 Å².